The Bertz CT molecular complexity index is 368. The van der Waals surface area contributed by atoms with Gasteiger partial charge in [0.2, 0.25) is 5.95 Å². The Morgan fingerprint density at radius 2 is 2.41 bits per heavy atom. The smallest absolute Gasteiger partial charge is 0.224 e. The topological polar surface area (TPSA) is 59.1 Å². The number of rotatable bonds is 5. The highest BCUT2D eigenvalue weighted by atomic mass is 19.1. The van der Waals surface area contributed by atoms with Crippen LogP contribution in [0.25, 0.3) is 0 Å². The van der Waals surface area contributed by atoms with Gasteiger partial charge in [0.15, 0.2) is 11.6 Å². The van der Waals surface area contributed by atoms with Crippen molar-refractivity contribution in [2.75, 3.05) is 30.3 Å². The van der Waals surface area contributed by atoms with Crippen LogP contribution >= 0.6 is 0 Å². The molecule has 1 atom stereocenters. The minimum absolute atomic E-state index is 0.159. The van der Waals surface area contributed by atoms with E-state index in [0.29, 0.717) is 19.0 Å². The van der Waals surface area contributed by atoms with Crippen LogP contribution in [0.1, 0.15) is 19.8 Å². The Balaban J connectivity index is 1.95. The lowest BCUT2D eigenvalue weighted by Crippen LogP contribution is -2.20. The number of nitrogens with zero attached hydrogens (tertiary/aromatic N) is 2. The highest BCUT2D eigenvalue weighted by Crippen LogP contribution is 2.15. The summed E-state index contributed by atoms with van der Waals surface area (Å²) in [6, 6.07) is 0. The van der Waals surface area contributed by atoms with Crippen LogP contribution in [0.5, 0.6) is 0 Å². The molecular formula is C11H17FN4O. The maximum Gasteiger partial charge on any atom is 0.224 e. The molecule has 1 fully saturated rings. The zero-order valence-electron chi connectivity index (χ0n) is 9.87. The van der Waals surface area contributed by atoms with Crippen molar-refractivity contribution in [1.29, 1.82) is 0 Å². The molecule has 2 rings (SSSR count). The quantitative estimate of drug-likeness (QED) is 0.819. The molecule has 5 nitrogen and oxygen atoms in total. The molecular weight excluding hydrogens is 223 g/mol. The van der Waals surface area contributed by atoms with E-state index in [1.807, 2.05) is 6.92 Å². The monoisotopic (exact) mass is 240 g/mol. The largest absolute Gasteiger partial charge is 0.376 e. The average molecular weight is 240 g/mol. The summed E-state index contributed by atoms with van der Waals surface area (Å²) in [5.74, 6) is 0.222. The first-order valence-electron chi connectivity index (χ1n) is 5.91. The number of aromatic nitrogens is 2. The van der Waals surface area contributed by atoms with E-state index in [0.717, 1.165) is 19.4 Å². The van der Waals surface area contributed by atoms with Crippen LogP contribution in [0.2, 0.25) is 0 Å². The van der Waals surface area contributed by atoms with Crippen LogP contribution in [-0.2, 0) is 4.74 Å². The van der Waals surface area contributed by atoms with Gasteiger partial charge in [-0.05, 0) is 19.8 Å². The van der Waals surface area contributed by atoms with Crippen LogP contribution in [0.3, 0.4) is 0 Å². The first kappa shape index (κ1) is 12.0. The van der Waals surface area contributed by atoms with Gasteiger partial charge < -0.3 is 15.4 Å². The van der Waals surface area contributed by atoms with E-state index < -0.39 is 5.82 Å². The van der Waals surface area contributed by atoms with Crippen molar-refractivity contribution in [3.63, 3.8) is 0 Å². The van der Waals surface area contributed by atoms with E-state index in [-0.39, 0.29) is 11.9 Å². The standard InChI is InChI=1S/C11H17FN4O/c1-2-13-11-15-7-9(12)10(16-11)14-6-8-4-3-5-17-8/h7-8H,2-6H2,1H3,(H2,13,14,15,16). The summed E-state index contributed by atoms with van der Waals surface area (Å²) in [6.07, 6.45) is 3.41. The van der Waals surface area contributed by atoms with Crippen molar-refractivity contribution >= 4 is 11.8 Å². The molecule has 0 bridgehead atoms. The molecule has 1 unspecified atom stereocenters. The molecule has 17 heavy (non-hydrogen) atoms. The molecule has 0 radical (unpaired) electrons. The predicted molar refractivity (Wildman–Crippen MR) is 63.6 cm³/mol. The van der Waals surface area contributed by atoms with Crippen molar-refractivity contribution in [2.45, 2.75) is 25.9 Å². The van der Waals surface area contributed by atoms with Crippen LogP contribution in [0.4, 0.5) is 16.2 Å². The van der Waals surface area contributed by atoms with Gasteiger partial charge in [0, 0.05) is 19.7 Å². The van der Waals surface area contributed by atoms with E-state index in [4.69, 9.17) is 4.74 Å². The second-order valence-corrected chi connectivity index (χ2v) is 3.94. The van der Waals surface area contributed by atoms with Gasteiger partial charge in [-0.25, -0.2) is 9.37 Å². The molecule has 2 heterocycles. The molecule has 1 aromatic rings. The highest BCUT2D eigenvalue weighted by Gasteiger charge is 2.16. The number of hydrogen-bond donors (Lipinski definition) is 2. The molecule has 1 aliphatic rings. The van der Waals surface area contributed by atoms with Gasteiger partial charge in [0.1, 0.15) is 0 Å². The first-order chi connectivity index (χ1) is 8.29. The highest BCUT2D eigenvalue weighted by molar-refractivity contribution is 5.41. The number of halogens is 1. The first-order valence-corrected chi connectivity index (χ1v) is 5.91. The van der Waals surface area contributed by atoms with Gasteiger partial charge in [0.05, 0.1) is 12.3 Å². The zero-order chi connectivity index (χ0) is 12.1. The van der Waals surface area contributed by atoms with Crippen LogP contribution in [-0.4, -0.2) is 35.8 Å². The number of anilines is 2. The fourth-order valence-corrected chi connectivity index (χ4v) is 1.75. The minimum atomic E-state index is -0.440. The molecule has 0 amide bonds. The van der Waals surface area contributed by atoms with Crippen molar-refractivity contribution in [3.8, 4) is 0 Å². The Kier molecular flexibility index (Phi) is 4.08. The third kappa shape index (κ3) is 3.26. The summed E-state index contributed by atoms with van der Waals surface area (Å²) in [4.78, 5) is 7.90. The Labute approximate surface area is 99.8 Å². The number of nitrogens with one attached hydrogen (secondary N) is 2. The van der Waals surface area contributed by atoms with Gasteiger partial charge >= 0.3 is 0 Å². The minimum Gasteiger partial charge on any atom is -0.376 e. The van der Waals surface area contributed by atoms with Gasteiger partial charge in [-0.2, -0.15) is 4.98 Å². The normalized spacial score (nSPS) is 19.3. The van der Waals surface area contributed by atoms with Crippen LogP contribution in [0, 0.1) is 5.82 Å². The summed E-state index contributed by atoms with van der Waals surface area (Å²) in [5, 5.41) is 5.91. The van der Waals surface area contributed by atoms with E-state index >= 15 is 0 Å². The van der Waals surface area contributed by atoms with E-state index in [2.05, 4.69) is 20.6 Å². The van der Waals surface area contributed by atoms with E-state index in [9.17, 15) is 4.39 Å². The fourth-order valence-electron chi connectivity index (χ4n) is 1.75. The van der Waals surface area contributed by atoms with E-state index in [1.165, 1.54) is 6.20 Å². The molecule has 0 aromatic carbocycles. The number of hydrogen-bond acceptors (Lipinski definition) is 5. The van der Waals surface area contributed by atoms with Gasteiger partial charge in [-0.1, -0.05) is 0 Å². The number of ether oxygens (including phenoxy) is 1. The molecule has 6 heteroatoms. The Morgan fingerprint density at radius 3 is 3.12 bits per heavy atom. The molecule has 1 aromatic heterocycles. The predicted octanol–water partition coefficient (Wildman–Crippen LogP) is 1.64. The molecule has 1 saturated heterocycles. The second-order valence-electron chi connectivity index (χ2n) is 3.94. The van der Waals surface area contributed by atoms with E-state index in [1.54, 1.807) is 0 Å². The fraction of sp³-hybridized carbons (Fsp3) is 0.636. The molecule has 94 valence electrons. The third-order valence-electron chi connectivity index (χ3n) is 2.60. The van der Waals surface area contributed by atoms with Crippen molar-refractivity contribution in [1.82, 2.24) is 9.97 Å². The van der Waals surface area contributed by atoms with Gasteiger partial charge in [-0.15, -0.1) is 0 Å². The summed E-state index contributed by atoms with van der Waals surface area (Å²) >= 11 is 0. The third-order valence-corrected chi connectivity index (χ3v) is 2.60. The molecule has 2 N–H and O–H groups in total. The maximum absolute atomic E-state index is 13.4. The molecule has 0 saturated carbocycles. The lowest BCUT2D eigenvalue weighted by molar-refractivity contribution is 0.120. The second kappa shape index (κ2) is 5.77. The zero-order valence-corrected chi connectivity index (χ0v) is 9.87. The lowest BCUT2D eigenvalue weighted by atomic mass is 10.2. The van der Waals surface area contributed by atoms with Crippen LogP contribution < -0.4 is 10.6 Å². The molecule has 0 aliphatic carbocycles. The average Bonchev–Trinajstić information content (AvgIpc) is 2.83. The van der Waals surface area contributed by atoms with Gasteiger partial charge in [0.25, 0.3) is 0 Å². The van der Waals surface area contributed by atoms with Crippen molar-refractivity contribution < 1.29 is 9.13 Å². The van der Waals surface area contributed by atoms with Crippen molar-refractivity contribution in [2.24, 2.45) is 0 Å². The molecule has 0 spiro atoms. The lowest BCUT2D eigenvalue weighted by Gasteiger charge is -2.12. The Morgan fingerprint density at radius 1 is 1.53 bits per heavy atom. The van der Waals surface area contributed by atoms with Crippen molar-refractivity contribution in [3.05, 3.63) is 12.0 Å². The SMILES string of the molecule is CCNc1ncc(F)c(NCC2CCCO2)n1. The van der Waals surface area contributed by atoms with Crippen LogP contribution in [0.15, 0.2) is 6.20 Å². The summed E-state index contributed by atoms with van der Waals surface area (Å²) in [6.45, 7) is 4.02. The summed E-state index contributed by atoms with van der Waals surface area (Å²) < 4.78 is 18.9. The summed E-state index contributed by atoms with van der Waals surface area (Å²) in [7, 11) is 0. The Hall–Kier alpha value is -1.43. The summed E-state index contributed by atoms with van der Waals surface area (Å²) in [5.41, 5.74) is 0. The molecule has 1 aliphatic heterocycles. The maximum atomic E-state index is 13.4. The van der Waals surface area contributed by atoms with Gasteiger partial charge in [-0.3, -0.25) is 0 Å².